The van der Waals surface area contributed by atoms with Crippen LogP contribution in [0.3, 0.4) is 0 Å². The van der Waals surface area contributed by atoms with E-state index in [4.69, 9.17) is 4.74 Å². The molecule has 0 aliphatic heterocycles. The molecule has 31 heavy (non-hydrogen) atoms. The van der Waals surface area contributed by atoms with Gasteiger partial charge in [0.1, 0.15) is 5.75 Å². The highest BCUT2D eigenvalue weighted by Gasteiger charge is 2.21. The van der Waals surface area contributed by atoms with E-state index in [0.29, 0.717) is 21.3 Å². The number of rotatable bonds is 6. The first kappa shape index (κ1) is 20.6. The molecule has 2 heterocycles. The third-order valence-corrected chi connectivity index (χ3v) is 6.30. The van der Waals surface area contributed by atoms with Gasteiger partial charge in [-0.05, 0) is 55.0 Å². The summed E-state index contributed by atoms with van der Waals surface area (Å²) in [6.45, 7) is 1.99. The van der Waals surface area contributed by atoms with E-state index in [9.17, 15) is 14.9 Å². The highest BCUT2D eigenvalue weighted by molar-refractivity contribution is 7.22. The largest absolute Gasteiger partial charge is 0.497 e. The third-order valence-electron chi connectivity index (χ3n) is 4.34. The van der Waals surface area contributed by atoms with Gasteiger partial charge in [-0.15, -0.1) is 0 Å². The number of hydrogen-bond donors (Lipinski definition) is 0. The van der Waals surface area contributed by atoms with Crippen LogP contribution in [0.2, 0.25) is 0 Å². The first-order valence-electron chi connectivity index (χ1n) is 9.08. The Hall–Kier alpha value is -3.63. The van der Waals surface area contributed by atoms with E-state index in [0.717, 1.165) is 27.1 Å². The minimum Gasteiger partial charge on any atom is -0.497 e. The molecule has 0 atom stereocenters. The van der Waals surface area contributed by atoms with Crippen LogP contribution in [0.5, 0.6) is 5.75 Å². The summed E-state index contributed by atoms with van der Waals surface area (Å²) in [5, 5.41) is 16.9. The summed E-state index contributed by atoms with van der Waals surface area (Å²) >= 11 is 2.32. The van der Waals surface area contributed by atoms with Crippen molar-refractivity contribution in [2.75, 3.05) is 12.1 Å². The van der Waals surface area contributed by atoms with Crippen molar-refractivity contribution >= 4 is 55.1 Å². The van der Waals surface area contributed by atoms with E-state index in [-0.39, 0.29) is 10.9 Å². The van der Waals surface area contributed by atoms with Crippen molar-refractivity contribution in [3.8, 4) is 5.75 Å². The first-order valence-corrected chi connectivity index (χ1v) is 10.7. The van der Waals surface area contributed by atoms with Crippen LogP contribution in [0.1, 0.15) is 20.8 Å². The number of anilines is 1. The van der Waals surface area contributed by atoms with Gasteiger partial charge in [0, 0.05) is 11.6 Å². The molecule has 0 aliphatic carbocycles. The number of aromatic nitrogens is 1. The lowest BCUT2D eigenvalue weighted by Gasteiger charge is -2.13. The zero-order valence-corrected chi connectivity index (χ0v) is 18.1. The number of amides is 1. The van der Waals surface area contributed by atoms with E-state index in [1.807, 2.05) is 25.1 Å². The Morgan fingerprint density at radius 2 is 1.94 bits per heavy atom. The summed E-state index contributed by atoms with van der Waals surface area (Å²) in [5.74, 6) is 0.258. The molecule has 0 bridgehead atoms. The van der Waals surface area contributed by atoms with Gasteiger partial charge in [0.2, 0.25) is 5.13 Å². The number of benzene rings is 2. The van der Waals surface area contributed by atoms with Crippen molar-refractivity contribution in [1.29, 1.82) is 0 Å². The molecule has 1 amide bonds. The Labute approximate surface area is 185 Å². The number of nitrogens with zero attached hydrogens (tertiary/aromatic N) is 4. The summed E-state index contributed by atoms with van der Waals surface area (Å²) in [6.07, 6.45) is 1.43. The summed E-state index contributed by atoms with van der Waals surface area (Å²) in [7, 11) is 1.55. The van der Waals surface area contributed by atoms with Crippen LogP contribution in [0.15, 0.2) is 59.7 Å². The molecule has 0 fully saturated rings. The number of nitro groups is 1. The highest BCUT2D eigenvalue weighted by Crippen LogP contribution is 2.31. The lowest BCUT2D eigenvalue weighted by atomic mass is 10.2. The van der Waals surface area contributed by atoms with Crippen LogP contribution in [0, 0.1) is 17.0 Å². The Kier molecular flexibility index (Phi) is 5.74. The quantitative estimate of drug-likeness (QED) is 0.226. The van der Waals surface area contributed by atoms with Gasteiger partial charge in [0.05, 0.1) is 33.3 Å². The van der Waals surface area contributed by atoms with E-state index in [1.54, 1.807) is 37.4 Å². The van der Waals surface area contributed by atoms with Crippen molar-refractivity contribution in [2.24, 2.45) is 5.10 Å². The summed E-state index contributed by atoms with van der Waals surface area (Å²) < 4.78 is 6.09. The maximum atomic E-state index is 13.3. The molecule has 0 aliphatic rings. The lowest BCUT2D eigenvalue weighted by Crippen LogP contribution is -2.25. The fourth-order valence-electron chi connectivity index (χ4n) is 2.78. The average molecular weight is 453 g/mol. The number of thiophene rings is 1. The average Bonchev–Trinajstić information content (AvgIpc) is 3.41. The van der Waals surface area contributed by atoms with Crippen LogP contribution in [-0.4, -0.2) is 29.1 Å². The number of carbonyl (C=O) groups excluding carboxylic acids is 1. The second kappa shape index (κ2) is 8.62. The van der Waals surface area contributed by atoms with E-state index < -0.39 is 4.92 Å². The number of ether oxygens (including phenoxy) is 1. The third kappa shape index (κ3) is 4.44. The standard InChI is InChI=1S/C21H16N4O4S2/c1-13-3-9-17-18(11-13)31-21(23-17)24(20(26)14-4-6-15(29-2)7-5-14)22-12-16-8-10-19(30-16)25(27)28/h3-12H,1-2H3/b22-12+. The van der Waals surface area contributed by atoms with Gasteiger partial charge in [-0.1, -0.05) is 28.7 Å². The molecule has 10 heteroatoms. The first-order chi connectivity index (χ1) is 14.9. The van der Waals surface area contributed by atoms with Gasteiger partial charge in [-0.3, -0.25) is 14.9 Å². The molecule has 0 saturated heterocycles. The minimum absolute atomic E-state index is 0.00458. The van der Waals surface area contributed by atoms with Gasteiger partial charge in [-0.25, -0.2) is 4.98 Å². The van der Waals surface area contributed by atoms with Crippen molar-refractivity contribution < 1.29 is 14.5 Å². The molecule has 4 aromatic rings. The number of methoxy groups -OCH3 is 1. The number of aryl methyl sites for hydroxylation is 1. The molecule has 4 rings (SSSR count). The fraction of sp³-hybridized carbons (Fsp3) is 0.0952. The second-order valence-corrected chi connectivity index (χ2v) is 8.59. The van der Waals surface area contributed by atoms with Gasteiger partial charge < -0.3 is 4.74 Å². The molecule has 2 aromatic heterocycles. The Balaban J connectivity index is 1.73. The highest BCUT2D eigenvalue weighted by atomic mass is 32.1. The van der Waals surface area contributed by atoms with Crippen LogP contribution in [0.25, 0.3) is 10.2 Å². The molecular weight excluding hydrogens is 436 g/mol. The van der Waals surface area contributed by atoms with Crippen molar-refractivity contribution in [1.82, 2.24) is 4.98 Å². The van der Waals surface area contributed by atoms with Gasteiger partial charge in [0.15, 0.2) is 0 Å². The van der Waals surface area contributed by atoms with Gasteiger partial charge in [-0.2, -0.15) is 10.1 Å². The summed E-state index contributed by atoms with van der Waals surface area (Å²) in [5.41, 5.74) is 2.26. The number of hydrogen-bond acceptors (Lipinski definition) is 8. The maximum Gasteiger partial charge on any atom is 0.324 e. The topological polar surface area (TPSA) is 97.9 Å². The van der Waals surface area contributed by atoms with Crippen LogP contribution >= 0.6 is 22.7 Å². The molecule has 0 N–H and O–H groups in total. The summed E-state index contributed by atoms with van der Waals surface area (Å²) in [6, 6.07) is 15.5. The predicted molar refractivity (Wildman–Crippen MR) is 123 cm³/mol. The minimum atomic E-state index is -0.460. The van der Waals surface area contributed by atoms with Gasteiger partial charge >= 0.3 is 5.00 Å². The van der Waals surface area contributed by atoms with E-state index >= 15 is 0 Å². The number of thiazole rings is 1. The maximum absolute atomic E-state index is 13.3. The van der Waals surface area contributed by atoms with E-state index in [1.165, 1.54) is 28.6 Å². The monoisotopic (exact) mass is 452 g/mol. The lowest BCUT2D eigenvalue weighted by molar-refractivity contribution is -0.380. The second-order valence-electron chi connectivity index (χ2n) is 6.49. The molecule has 0 saturated carbocycles. The molecule has 2 aromatic carbocycles. The number of hydrazone groups is 1. The molecule has 0 unspecified atom stereocenters. The normalized spacial score (nSPS) is 11.2. The number of carbonyl (C=O) groups is 1. The molecule has 8 nitrogen and oxygen atoms in total. The smallest absolute Gasteiger partial charge is 0.324 e. The van der Waals surface area contributed by atoms with Crippen LogP contribution in [0.4, 0.5) is 10.1 Å². The predicted octanol–water partition coefficient (Wildman–Crippen LogP) is 5.26. The van der Waals surface area contributed by atoms with Crippen LogP contribution in [-0.2, 0) is 0 Å². The molecule has 0 spiro atoms. The fourth-order valence-corrected chi connectivity index (χ4v) is 4.49. The van der Waals surface area contributed by atoms with E-state index in [2.05, 4.69) is 10.1 Å². The summed E-state index contributed by atoms with van der Waals surface area (Å²) in [4.78, 5) is 28.8. The molecular formula is C21H16N4O4S2. The van der Waals surface area contributed by atoms with Crippen molar-refractivity contribution in [3.63, 3.8) is 0 Å². The van der Waals surface area contributed by atoms with Crippen LogP contribution < -0.4 is 9.75 Å². The zero-order valence-electron chi connectivity index (χ0n) is 16.5. The Morgan fingerprint density at radius 1 is 1.16 bits per heavy atom. The number of fused-ring (bicyclic) bond motifs is 1. The van der Waals surface area contributed by atoms with Crippen molar-refractivity contribution in [3.05, 3.63) is 80.7 Å². The zero-order chi connectivity index (χ0) is 22.0. The molecule has 156 valence electrons. The Bertz CT molecular complexity index is 1290. The van der Waals surface area contributed by atoms with Gasteiger partial charge in [0.25, 0.3) is 5.91 Å². The van der Waals surface area contributed by atoms with Crippen molar-refractivity contribution in [2.45, 2.75) is 6.92 Å². The molecule has 0 radical (unpaired) electrons. The SMILES string of the molecule is COc1ccc(C(=O)N(/N=C/c2ccc([N+](=O)[O-])s2)c2nc3ccc(C)cc3s2)cc1. The Morgan fingerprint density at radius 3 is 2.61 bits per heavy atom.